The number of nitrogens with zero attached hydrogens (tertiary/aromatic N) is 4. The number of methoxy groups -OCH3 is 1. The molecule has 10 nitrogen and oxygen atoms in total. The predicted octanol–water partition coefficient (Wildman–Crippen LogP) is 1.82. The number of carbonyl (C=O) groups excluding carboxylic acids is 1. The van der Waals surface area contributed by atoms with Gasteiger partial charge in [-0.15, -0.1) is 10.2 Å². The van der Waals surface area contributed by atoms with Crippen LogP contribution in [0.2, 0.25) is 5.02 Å². The van der Waals surface area contributed by atoms with E-state index < -0.39 is 17.8 Å². The summed E-state index contributed by atoms with van der Waals surface area (Å²) in [5.74, 6) is -0.361. The molecule has 1 aromatic carbocycles. The molecular formula is C19H19ClFN5O5. The molecular weight excluding hydrogens is 433 g/mol. The summed E-state index contributed by atoms with van der Waals surface area (Å²) in [6.45, 7) is -0.324. The van der Waals surface area contributed by atoms with Gasteiger partial charge in [0.2, 0.25) is 5.89 Å². The van der Waals surface area contributed by atoms with Gasteiger partial charge in [0.05, 0.1) is 23.8 Å². The Kier molecular flexibility index (Phi) is 7.68. The number of hydrogen-bond donors (Lipinski definition) is 2. The van der Waals surface area contributed by atoms with Crippen molar-refractivity contribution in [3.63, 3.8) is 0 Å². The van der Waals surface area contributed by atoms with Crippen molar-refractivity contribution in [1.82, 2.24) is 25.5 Å². The van der Waals surface area contributed by atoms with Crippen LogP contribution in [0, 0.1) is 5.82 Å². The van der Waals surface area contributed by atoms with Gasteiger partial charge in [0.25, 0.3) is 11.8 Å². The molecule has 1 unspecified atom stereocenters. The lowest BCUT2D eigenvalue weighted by Crippen LogP contribution is -2.35. The van der Waals surface area contributed by atoms with E-state index >= 15 is 0 Å². The van der Waals surface area contributed by atoms with E-state index in [1.54, 1.807) is 0 Å². The zero-order chi connectivity index (χ0) is 22.2. The van der Waals surface area contributed by atoms with Crippen LogP contribution >= 0.6 is 11.6 Å². The third-order valence-electron chi connectivity index (χ3n) is 4.01. The van der Waals surface area contributed by atoms with E-state index in [0.717, 1.165) is 6.07 Å². The van der Waals surface area contributed by atoms with Crippen molar-refractivity contribution in [2.45, 2.75) is 18.9 Å². The van der Waals surface area contributed by atoms with Crippen LogP contribution in [-0.2, 0) is 11.2 Å². The first-order valence-corrected chi connectivity index (χ1v) is 9.54. The number of rotatable bonds is 10. The van der Waals surface area contributed by atoms with E-state index in [-0.39, 0.29) is 42.2 Å². The number of aliphatic hydroxyl groups excluding tert-OH is 1. The van der Waals surface area contributed by atoms with Crippen LogP contribution in [-0.4, -0.2) is 57.5 Å². The van der Waals surface area contributed by atoms with Gasteiger partial charge in [0.1, 0.15) is 11.6 Å². The highest BCUT2D eigenvalue weighted by atomic mass is 35.5. The summed E-state index contributed by atoms with van der Waals surface area (Å²) < 4.78 is 28.9. The van der Waals surface area contributed by atoms with Crippen molar-refractivity contribution in [2.75, 3.05) is 20.3 Å². The Morgan fingerprint density at radius 2 is 2.10 bits per heavy atom. The zero-order valence-electron chi connectivity index (χ0n) is 16.4. The number of benzene rings is 1. The Morgan fingerprint density at radius 3 is 2.81 bits per heavy atom. The largest absolute Gasteiger partial charge is 0.484 e. The van der Waals surface area contributed by atoms with Gasteiger partial charge in [-0.2, -0.15) is 0 Å². The zero-order valence-corrected chi connectivity index (χ0v) is 17.2. The van der Waals surface area contributed by atoms with Crippen LogP contribution in [0.1, 0.15) is 12.3 Å². The number of carbonyl (C=O) groups is 1. The van der Waals surface area contributed by atoms with E-state index in [1.165, 1.54) is 31.6 Å². The minimum absolute atomic E-state index is 0.00445. The smallest absolute Gasteiger partial charge is 0.316 e. The molecule has 0 bridgehead atoms. The molecule has 2 aromatic heterocycles. The van der Waals surface area contributed by atoms with E-state index in [9.17, 15) is 14.3 Å². The first-order chi connectivity index (χ1) is 14.9. The summed E-state index contributed by atoms with van der Waals surface area (Å²) in [4.78, 5) is 19.8. The molecule has 0 fully saturated rings. The summed E-state index contributed by atoms with van der Waals surface area (Å²) in [7, 11) is 1.46. The Morgan fingerprint density at radius 1 is 1.32 bits per heavy atom. The Balaban J connectivity index is 1.38. The summed E-state index contributed by atoms with van der Waals surface area (Å²) in [5, 5.41) is 20.4. The molecule has 12 heteroatoms. The monoisotopic (exact) mass is 451 g/mol. The van der Waals surface area contributed by atoms with Crippen molar-refractivity contribution in [1.29, 1.82) is 0 Å². The first-order valence-electron chi connectivity index (χ1n) is 9.16. The summed E-state index contributed by atoms with van der Waals surface area (Å²) in [6.07, 6.45) is 2.74. The average molecular weight is 452 g/mol. The number of halogens is 2. The molecule has 1 atom stereocenters. The SMILES string of the molecule is COc1ncc(-c2nnc(CCC(O)CNC(=O)COc3ccc(Cl)c(F)c3)o2)cn1. The molecule has 2 N–H and O–H groups in total. The number of ether oxygens (including phenoxy) is 2. The van der Waals surface area contributed by atoms with Crippen LogP contribution < -0.4 is 14.8 Å². The fourth-order valence-electron chi connectivity index (χ4n) is 2.39. The number of amides is 1. The maximum atomic E-state index is 13.3. The molecule has 31 heavy (non-hydrogen) atoms. The van der Waals surface area contributed by atoms with Gasteiger partial charge in [-0.3, -0.25) is 4.79 Å². The molecule has 0 aliphatic heterocycles. The van der Waals surface area contributed by atoms with Gasteiger partial charge in [0.15, 0.2) is 6.61 Å². The van der Waals surface area contributed by atoms with Crippen molar-refractivity contribution in [3.8, 4) is 23.2 Å². The Labute approximate surface area is 181 Å². The van der Waals surface area contributed by atoms with Crippen LogP contribution in [0.3, 0.4) is 0 Å². The van der Waals surface area contributed by atoms with Crippen molar-refractivity contribution >= 4 is 17.5 Å². The van der Waals surface area contributed by atoms with Crippen LogP contribution in [0.4, 0.5) is 4.39 Å². The fourth-order valence-corrected chi connectivity index (χ4v) is 2.51. The fraction of sp³-hybridized carbons (Fsp3) is 0.316. The van der Waals surface area contributed by atoms with Crippen molar-refractivity contribution in [3.05, 3.63) is 47.3 Å². The first kappa shape index (κ1) is 22.4. The summed E-state index contributed by atoms with van der Waals surface area (Å²) in [6, 6.07) is 4.09. The normalized spacial score (nSPS) is 11.7. The second-order valence-electron chi connectivity index (χ2n) is 6.32. The molecule has 0 spiro atoms. The van der Waals surface area contributed by atoms with Crippen molar-refractivity contribution in [2.24, 2.45) is 0 Å². The predicted molar refractivity (Wildman–Crippen MR) is 106 cm³/mol. The molecule has 0 radical (unpaired) electrons. The summed E-state index contributed by atoms with van der Waals surface area (Å²) in [5.41, 5.74) is 0.535. The number of aromatic nitrogens is 4. The Bertz CT molecular complexity index is 1020. The van der Waals surface area contributed by atoms with E-state index in [4.69, 9.17) is 25.5 Å². The van der Waals surface area contributed by atoms with Crippen LogP contribution in [0.15, 0.2) is 35.0 Å². The third kappa shape index (κ3) is 6.59. The lowest BCUT2D eigenvalue weighted by atomic mass is 10.2. The quantitative estimate of drug-likeness (QED) is 0.473. The molecule has 1 amide bonds. The molecule has 0 aliphatic carbocycles. The van der Waals surface area contributed by atoms with Crippen molar-refractivity contribution < 1.29 is 28.2 Å². The van der Waals surface area contributed by atoms with Gasteiger partial charge in [-0.25, -0.2) is 14.4 Å². The summed E-state index contributed by atoms with van der Waals surface area (Å²) >= 11 is 5.58. The number of hydrogen-bond acceptors (Lipinski definition) is 9. The maximum Gasteiger partial charge on any atom is 0.316 e. The Hall–Kier alpha value is -3.31. The third-order valence-corrected chi connectivity index (χ3v) is 4.32. The van der Waals surface area contributed by atoms with Gasteiger partial charge in [-0.05, 0) is 18.6 Å². The van der Waals surface area contributed by atoms with Gasteiger partial charge in [0, 0.05) is 31.4 Å². The van der Waals surface area contributed by atoms with Gasteiger partial charge >= 0.3 is 6.01 Å². The standard InChI is InChI=1S/C19H19ClFN5O5/c1-29-19-23-7-11(8-24-19)18-26-25-17(31-18)5-2-12(27)9-22-16(28)10-30-13-3-4-14(20)15(21)6-13/h3-4,6-8,12,27H,2,5,9-10H2,1H3,(H,22,28). The molecule has 164 valence electrons. The number of aryl methyl sites for hydroxylation is 1. The number of nitrogens with one attached hydrogen (secondary N) is 1. The topological polar surface area (TPSA) is 132 Å². The molecule has 2 heterocycles. The highest BCUT2D eigenvalue weighted by Crippen LogP contribution is 2.20. The van der Waals surface area contributed by atoms with Crippen LogP contribution in [0.25, 0.3) is 11.5 Å². The maximum absolute atomic E-state index is 13.3. The lowest BCUT2D eigenvalue weighted by Gasteiger charge is -2.11. The van der Waals surface area contributed by atoms with Gasteiger partial charge < -0.3 is 24.3 Å². The molecule has 3 rings (SSSR count). The van der Waals surface area contributed by atoms with E-state index in [0.29, 0.717) is 17.9 Å². The molecule has 3 aromatic rings. The second kappa shape index (κ2) is 10.6. The minimum Gasteiger partial charge on any atom is -0.484 e. The van der Waals surface area contributed by atoms with E-state index in [1.807, 2.05) is 0 Å². The molecule has 0 saturated heterocycles. The van der Waals surface area contributed by atoms with E-state index in [2.05, 4.69) is 25.5 Å². The highest BCUT2D eigenvalue weighted by molar-refractivity contribution is 6.30. The van der Waals surface area contributed by atoms with Gasteiger partial charge in [-0.1, -0.05) is 11.6 Å². The average Bonchev–Trinajstić information content (AvgIpc) is 3.26. The number of aliphatic hydroxyl groups is 1. The molecule has 0 saturated carbocycles. The minimum atomic E-state index is -0.836. The second-order valence-corrected chi connectivity index (χ2v) is 6.73. The lowest BCUT2D eigenvalue weighted by molar-refractivity contribution is -0.123. The van der Waals surface area contributed by atoms with Crippen LogP contribution in [0.5, 0.6) is 11.8 Å². The highest BCUT2D eigenvalue weighted by Gasteiger charge is 2.13. The molecule has 0 aliphatic rings.